The van der Waals surface area contributed by atoms with E-state index in [4.69, 9.17) is 4.74 Å². The average Bonchev–Trinajstić information content (AvgIpc) is 3.29. The van der Waals surface area contributed by atoms with E-state index in [9.17, 15) is 0 Å². The van der Waals surface area contributed by atoms with Crippen LogP contribution in [0.2, 0.25) is 0 Å². The monoisotopic (exact) mass is 357 g/mol. The molecule has 7 heteroatoms. The Hall–Kier alpha value is -1.96. The van der Waals surface area contributed by atoms with E-state index < -0.39 is 0 Å². The SMILES string of the molecule is CN1CCN(CCCOc2ccc3ncc(-c4cccs4)n3n2)CC1. The second-order valence-corrected chi connectivity index (χ2v) is 7.36. The van der Waals surface area contributed by atoms with Crippen molar-refractivity contribution < 1.29 is 4.74 Å². The maximum atomic E-state index is 5.87. The van der Waals surface area contributed by atoms with Gasteiger partial charge in [-0.2, -0.15) is 0 Å². The van der Waals surface area contributed by atoms with Crippen LogP contribution in [-0.2, 0) is 0 Å². The summed E-state index contributed by atoms with van der Waals surface area (Å²) in [5, 5.41) is 6.67. The summed E-state index contributed by atoms with van der Waals surface area (Å²) >= 11 is 1.69. The van der Waals surface area contributed by atoms with E-state index in [0.29, 0.717) is 12.5 Å². The zero-order chi connectivity index (χ0) is 17.1. The number of hydrogen-bond donors (Lipinski definition) is 0. The average molecular weight is 357 g/mol. The van der Waals surface area contributed by atoms with Crippen molar-refractivity contribution >= 4 is 17.0 Å². The van der Waals surface area contributed by atoms with E-state index in [0.717, 1.165) is 55.4 Å². The molecule has 0 spiro atoms. The van der Waals surface area contributed by atoms with Gasteiger partial charge in [-0.05, 0) is 31.0 Å². The van der Waals surface area contributed by atoms with Gasteiger partial charge < -0.3 is 14.5 Å². The normalized spacial score (nSPS) is 16.5. The lowest BCUT2D eigenvalue weighted by atomic mass is 10.3. The first-order valence-electron chi connectivity index (χ1n) is 8.72. The van der Waals surface area contributed by atoms with Crippen molar-refractivity contribution in [1.82, 2.24) is 24.4 Å². The third-order valence-corrected chi connectivity index (χ3v) is 5.47. The van der Waals surface area contributed by atoms with Crippen molar-refractivity contribution in [3.05, 3.63) is 35.8 Å². The second kappa shape index (κ2) is 7.51. The third kappa shape index (κ3) is 3.84. The molecule has 3 aromatic heterocycles. The molecule has 0 unspecified atom stereocenters. The van der Waals surface area contributed by atoms with Gasteiger partial charge >= 0.3 is 0 Å². The molecule has 0 N–H and O–H groups in total. The Labute approximate surface area is 151 Å². The molecule has 1 saturated heterocycles. The highest BCUT2D eigenvalue weighted by molar-refractivity contribution is 7.13. The van der Waals surface area contributed by atoms with Gasteiger partial charge in [0.2, 0.25) is 5.88 Å². The molecule has 3 aromatic rings. The lowest BCUT2D eigenvalue weighted by Crippen LogP contribution is -2.44. The molecule has 25 heavy (non-hydrogen) atoms. The fourth-order valence-electron chi connectivity index (χ4n) is 3.06. The van der Waals surface area contributed by atoms with E-state index in [1.54, 1.807) is 11.3 Å². The van der Waals surface area contributed by atoms with Crippen LogP contribution in [0, 0.1) is 0 Å². The van der Waals surface area contributed by atoms with Gasteiger partial charge in [-0.25, -0.2) is 9.50 Å². The van der Waals surface area contributed by atoms with Crippen LogP contribution in [-0.4, -0.2) is 70.8 Å². The Morgan fingerprint density at radius 1 is 1.16 bits per heavy atom. The molecule has 0 saturated carbocycles. The fraction of sp³-hybridized carbons (Fsp3) is 0.444. The number of fused-ring (bicyclic) bond motifs is 1. The largest absolute Gasteiger partial charge is 0.477 e. The predicted molar refractivity (Wildman–Crippen MR) is 100 cm³/mol. The van der Waals surface area contributed by atoms with Crippen molar-refractivity contribution in [3.63, 3.8) is 0 Å². The number of aromatic nitrogens is 3. The molecule has 0 atom stereocenters. The molecule has 6 nitrogen and oxygen atoms in total. The Balaban J connectivity index is 1.35. The first-order valence-corrected chi connectivity index (χ1v) is 9.60. The van der Waals surface area contributed by atoms with Gasteiger partial charge in [0.05, 0.1) is 17.7 Å². The lowest BCUT2D eigenvalue weighted by Gasteiger charge is -2.32. The first-order chi connectivity index (χ1) is 12.3. The summed E-state index contributed by atoms with van der Waals surface area (Å²) in [4.78, 5) is 10.5. The summed E-state index contributed by atoms with van der Waals surface area (Å²) in [6.07, 6.45) is 2.89. The number of rotatable bonds is 6. The smallest absolute Gasteiger partial charge is 0.231 e. The number of imidazole rings is 1. The van der Waals surface area contributed by atoms with Gasteiger partial charge in [0.1, 0.15) is 5.69 Å². The van der Waals surface area contributed by atoms with Gasteiger partial charge in [-0.15, -0.1) is 16.4 Å². The van der Waals surface area contributed by atoms with E-state index in [1.165, 1.54) is 0 Å². The standard InChI is InChI=1S/C18H23N5OS/c1-21-8-10-22(11-9-21)7-3-12-24-18-6-5-17-19-14-15(23(17)20-18)16-4-2-13-25-16/h2,4-6,13-14H,3,7-12H2,1H3. The topological polar surface area (TPSA) is 45.9 Å². The molecule has 0 aromatic carbocycles. The minimum absolute atomic E-state index is 0.654. The minimum atomic E-state index is 0.654. The Morgan fingerprint density at radius 2 is 2.04 bits per heavy atom. The molecular formula is C18H23N5OS. The van der Waals surface area contributed by atoms with Crippen LogP contribution in [0.25, 0.3) is 16.2 Å². The summed E-state index contributed by atoms with van der Waals surface area (Å²) in [6.45, 7) is 6.39. The second-order valence-electron chi connectivity index (χ2n) is 6.41. The quantitative estimate of drug-likeness (QED) is 0.634. The molecular weight excluding hydrogens is 334 g/mol. The van der Waals surface area contributed by atoms with Crippen molar-refractivity contribution in [3.8, 4) is 16.5 Å². The molecule has 4 heterocycles. The highest BCUT2D eigenvalue weighted by Crippen LogP contribution is 2.25. The summed E-state index contributed by atoms with van der Waals surface area (Å²) in [6, 6.07) is 7.98. The molecule has 0 amide bonds. The predicted octanol–water partition coefficient (Wildman–Crippen LogP) is 2.47. The van der Waals surface area contributed by atoms with Crippen LogP contribution >= 0.6 is 11.3 Å². The first kappa shape index (κ1) is 16.5. The van der Waals surface area contributed by atoms with Gasteiger partial charge in [-0.1, -0.05) is 6.07 Å². The molecule has 1 aliphatic rings. The lowest BCUT2D eigenvalue weighted by molar-refractivity contribution is 0.145. The number of nitrogens with zero attached hydrogens (tertiary/aromatic N) is 5. The molecule has 1 fully saturated rings. The van der Waals surface area contributed by atoms with Crippen molar-refractivity contribution in [1.29, 1.82) is 0 Å². The van der Waals surface area contributed by atoms with Gasteiger partial charge in [0, 0.05) is 38.8 Å². The van der Waals surface area contributed by atoms with E-state index in [2.05, 4.69) is 38.4 Å². The molecule has 0 aliphatic carbocycles. The number of hydrogen-bond acceptors (Lipinski definition) is 6. The summed E-state index contributed by atoms with van der Waals surface area (Å²) in [5.41, 5.74) is 1.85. The number of thiophene rings is 1. The fourth-order valence-corrected chi connectivity index (χ4v) is 3.78. The van der Waals surface area contributed by atoms with Crippen LogP contribution in [0.1, 0.15) is 6.42 Å². The van der Waals surface area contributed by atoms with Crippen LogP contribution in [0.4, 0.5) is 0 Å². The molecule has 1 aliphatic heterocycles. The number of likely N-dealkylation sites (N-methyl/N-ethyl adjacent to an activating group) is 1. The zero-order valence-electron chi connectivity index (χ0n) is 14.5. The molecule has 0 radical (unpaired) electrons. The van der Waals surface area contributed by atoms with E-state index in [-0.39, 0.29) is 0 Å². The maximum absolute atomic E-state index is 5.87. The van der Waals surface area contributed by atoms with Crippen LogP contribution in [0.5, 0.6) is 5.88 Å². The van der Waals surface area contributed by atoms with Crippen molar-refractivity contribution in [2.24, 2.45) is 0 Å². The van der Waals surface area contributed by atoms with Crippen LogP contribution in [0.15, 0.2) is 35.8 Å². The summed E-state index contributed by atoms with van der Waals surface area (Å²) in [7, 11) is 2.18. The third-order valence-electron chi connectivity index (χ3n) is 4.58. The highest BCUT2D eigenvalue weighted by Gasteiger charge is 2.13. The molecule has 0 bridgehead atoms. The summed E-state index contributed by atoms with van der Waals surface area (Å²) < 4.78 is 7.74. The maximum Gasteiger partial charge on any atom is 0.231 e. The number of ether oxygens (including phenoxy) is 1. The van der Waals surface area contributed by atoms with Gasteiger partial charge in [-0.3, -0.25) is 0 Å². The van der Waals surface area contributed by atoms with Crippen molar-refractivity contribution in [2.75, 3.05) is 46.4 Å². The Morgan fingerprint density at radius 3 is 2.84 bits per heavy atom. The highest BCUT2D eigenvalue weighted by atomic mass is 32.1. The summed E-state index contributed by atoms with van der Waals surface area (Å²) in [5.74, 6) is 0.654. The Kier molecular flexibility index (Phi) is 4.96. The van der Waals surface area contributed by atoms with E-state index in [1.807, 2.05) is 28.9 Å². The van der Waals surface area contributed by atoms with Gasteiger partial charge in [0.25, 0.3) is 0 Å². The van der Waals surface area contributed by atoms with Crippen LogP contribution < -0.4 is 4.74 Å². The number of piperazine rings is 1. The minimum Gasteiger partial charge on any atom is -0.477 e. The van der Waals surface area contributed by atoms with Gasteiger partial charge in [0.15, 0.2) is 5.65 Å². The van der Waals surface area contributed by atoms with Crippen molar-refractivity contribution in [2.45, 2.75) is 6.42 Å². The molecule has 132 valence electrons. The van der Waals surface area contributed by atoms with E-state index >= 15 is 0 Å². The Bertz CT molecular complexity index is 808. The van der Waals surface area contributed by atoms with Crippen LogP contribution in [0.3, 0.4) is 0 Å². The molecule has 4 rings (SSSR count). The zero-order valence-corrected chi connectivity index (χ0v) is 15.3.